The molecule has 66 valence electrons. The third-order valence-corrected chi connectivity index (χ3v) is 2.68. The highest BCUT2D eigenvalue weighted by molar-refractivity contribution is 4.86. The van der Waals surface area contributed by atoms with Crippen molar-refractivity contribution in [2.24, 2.45) is 5.92 Å². The second kappa shape index (κ2) is 4.10. The molecular weight excluding hydrogens is 136 g/mol. The molecule has 1 aliphatic rings. The van der Waals surface area contributed by atoms with E-state index in [0.29, 0.717) is 12.2 Å². The van der Waals surface area contributed by atoms with E-state index in [-0.39, 0.29) is 0 Å². The summed E-state index contributed by atoms with van der Waals surface area (Å²) in [5.41, 5.74) is 0. The monoisotopic (exact) mass is 156 g/mol. The van der Waals surface area contributed by atoms with E-state index in [4.69, 9.17) is 4.74 Å². The largest absolute Gasteiger partial charge is 0.370 e. The summed E-state index contributed by atoms with van der Waals surface area (Å²) in [6.07, 6.45) is 6.49. The topological polar surface area (TPSA) is 12.5 Å². The van der Waals surface area contributed by atoms with Crippen molar-refractivity contribution in [2.75, 3.05) is 0 Å². The molecule has 0 radical (unpaired) electrons. The number of ether oxygens (including phenoxy) is 1. The molecule has 3 unspecified atom stereocenters. The minimum absolute atomic E-state index is 0.553. The predicted octanol–water partition coefficient (Wildman–Crippen LogP) is 2.99. The molecule has 11 heavy (non-hydrogen) atoms. The van der Waals surface area contributed by atoms with Gasteiger partial charge in [-0.25, -0.2) is 0 Å². The van der Waals surface area contributed by atoms with Gasteiger partial charge in [0.1, 0.15) is 0 Å². The van der Waals surface area contributed by atoms with Crippen LogP contribution in [0.4, 0.5) is 0 Å². The minimum atomic E-state index is 0.553. The van der Waals surface area contributed by atoms with E-state index >= 15 is 0 Å². The Hall–Kier alpha value is -0.0400. The third kappa shape index (κ3) is 2.48. The fourth-order valence-corrected chi connectivity index (χ4v) is 1.76. The summed E-state index contributed by atoms with van der Waals surface area (Å²) in [4.78, 5) is 0. The molecule has 0 bridgehead atoms. The molecule has 0 amide bonds. The molecule has 1 fully saturated rings. The second-order valence-electron chi connectivity index (χ2n) is 3.62. The van der Waals surface area contributed by atoms with Gasteiger partial charge in [-0.2, -0.15) is 0 Å². The Balaban J connectivity index is 2.15. The first-order chi connectivity index (χ1) is 5.29. The van der Waals surface area contributed by atoms with Crippen molar-refractivity contribution in [3.8, 4) is 0 Å². The maximum Gasteiger partial charge on any atom is 0.0866 e. The zero-order valence-corrected chi connectivity index (χ0v) is 7.97. The van der Waals surface area contributed by atoms with Gasteiger partial charge in [0.15, 0.2) is 0 Å². The van der Waals surface area contributed by atoms with Crippen LogP contribution in [-0.2, 0) is 4.74 Å². The molecule has 1 heteroatoms. The average molecular weight is 156 g/mol. The first-order valence-corrected chi connectivity index (χ1v) is 4.95. The number of rotatable bonds is 5. The summed E-state index contributed by atoms with van der Waals surface area (Å²) in [6, 6.07) is 0. The average Bonchev–Trinajstić information content (AvgIpc) is 2.69. The molecule has 0 aromatic rings. The summed E-state index contributed by atoms with van der Waals surface area (Å²) in [7, 11) is 0. The van der Waals surface area contributed by atoms with Crippen LogP contribution in [0.25, 0.3) is 0 Å². The third-order valence-electron chi connectivity index (χ3n) is 2.68. The maximum absolute atomic E-state index is 5.47. The van der Waals surface area contributed by atoms with Gasteiger partial charge in [-0.15, -0.1) is 0 Å². The molecule has 3 atom stereocenters. The highest BCUT2D eigenvalue weighted by atomic mass is 16.6. The summed E-state index contributed by atoms with van der Waals surface area (Å²) < 4.78 is 5.47. The van der Waals surface area contributed by atoms with Crippen LogP contribution in [0.5, 0.6) is 0 Å². The Morgan fingerprint density at radius 3 is 2.36 bits per heavy atom. The van der Waals surface area contributed by atoms with Crippen LogP contribution in [0.3, 0.4) is 0 Å². The zero-order valence-electron chi connectivity index (χ0n) is 7.97. The standard InChI is InChI=1S/C10H20O/c1-4-6-7-9(5-2)10-8(3)11-10/h8-10H,4-7H2,1-3H3. The fraction of sp³-hybridized carbons (Fsp3) is 1.00. The number of hydrogen-bond acceptors (Lipinski definition) is 1. The molecule has 1 saturated heterocycles. The number of unbranched alkanes of at least 4 members (excludes halogenated alkanes) is 1. The van der Waals surface area contributed by atoms with E-state index in [9.17, 15) is 0 Å². The van der Waals surface area contributed by atoms with Gasteiger partial charge in [0.05, 0.1) is 12.2 Å². The summed E-state index contributed by atoms with van der Waals surface area (Å²) >= 11 is 0. The van der Waals surface area contributed by atoms with E-state index in [0.717, 1.165) is 5.92 Å². The molecule has 1 aliphatic heterocycles. The molecule has 1 rings (SSSR count). The lowest BCUT2D eigenvalue weighted by Crippen LogP contribution is -2.08. The minimum Gasteiger partial charge on any atom is -0.370 e. The Labute approximate surface area is 70.1 Å². The molecule has 0 aliphatic carbocycles. The van der Waals surface area contributed by atoms with E-state index in [1.54, 1.807) is 0 Å². The number of epoxide rings is 1. The van der Waals surface area contributed by atoms with E-state index in [1.165, 1.54) is 25.7 Å². The fourth-order valence-electron chi connectivity index (χ4n) is 1.76. The predicted molar refractivity (Wildman–Crippen MR) is 47.6 cm³/mol. The highest BCUT2D eigenvalue weighted by Crippen LogP contribution is 2.33. The first kappa shape index (κ1) is 9.05. The highest BCUT2D eigenvalue weighted by Gasteiger charge is 2.39. The van der Waals surface area contributed by atoms with Crippen molar-refractivity contribution in [1.82, 2.24) is 0 Å². The van der Waals surface area contributed by atoms with Crippen LogP contribution in [-0.4, -0.2) is 12.2 Å². The van der Waals surface area contributed by atoms with Crippen LogP contribution in [0, 0.1) is 5.92 Å². The van der Waals surface area contributed by atoms with Crippen molar-refractivity contribution in [3.63, 3.8) is 0 Å². The van der Waals surface area contributed by atoms with Gasteiger partial charge in [-0.3, -0.25) is 0 Å². The van der Waals surface area contributed by atoms with Crippen molar-refractivity contribution < 1.29 is 4.74 Å². The van der Waals surface area contributed by atoms with Crippen LogP contribution in [0.1, 0.15) is 46.5 Å². The quantitative estimate of drug-likeness (QED) is 0.557. The van der Waals surface area contributed by atoms with Crippen LogP contribution in [0.2, 0.25) is 0 Å². The van der Waals surface area contributed by atoms with Crippen molar-refractivity contribution in [2.45, 2.75) is 58.7 Å². The summed E-state index contributed by atoms with van der Waals surface area (Å²) in [5.74, 6) is 0.838. The van der Waals surface area contributed by atoms with Crippen LogP contribution < -0.4 is 0 Å². The van der Waals surface area contributed by atoms with Crippen molar-refractivity contribution in [1.29, 1.82) is 0 Å². The summed E-state index contributed by atoms with van der Waals surface area (Å²) in [6.45, 7) is 6.71. The lowest BCUT2D eigenvalue weighted by molar-refractivity contribution is 0.297. The molecule has 0 aromatic heterocycles. The maximum atomic E-state index is 5.47. The Morgan fingerprint density at radius 1 is 1.36 bits per heavy atom. The smallest absolute Gasteiger partial charge is 0.0866 e. The van der Waals surface area contributed by atoms with E-state index in [1.807, 2.05) is 0 Å². The molecule has 0 N–H and O–H groups in total. The Morgan fingerprint density at radius 2 is 2.00 bits per heavy atom. The van der Waals surface area contributed by atoms with Gasteiger partial charge in [-0.1, -0.05) is 33.1 Å². The molecule has 1 nitrogen and oxygen atoms in total. The van der Waals surface area contributed by atoms with Gasteiger partial charge in [-0.05, 0) is 19.3 Å². The lowest BCUT2D eigenvalue weighted by atomic mass is 9.94. The molecule has 1 heterocycles. The van der Waals surface area contributed by atoms with Crippen molar-refractivity contribution in [3.05, 3.63) is 0 Å². The molecule has 0 saturated carbocycles. The SMILES string of the molecule is CCCCC(CC)C1OC1C. The molecule has 0 spiro atoms. The van der Waals surface area contributed by atoms with Gasteiger partial charge in [0.2, 0.25) is 0 Å². The van der Waals surface area contributed by atoms with E-state index in [2.05, 4.69) is 20.8 Å². The Bertz CT molecular complexity index is 111. The second-order valence-corrected chi connectivity index (χ2v) is 3.62. The van der Waals surface area contributed by atoms with E-state index < -0.39 is 0 Å². The van der Waals surface area contributed by atoms with Crippen LogP contribution in [0.15, 0.2) is 0 Å². The Kier molecular flexibility index (Phi) is 3.38. The lowest BCUT2D eigenvalue weighted by Gasteiger charge is -2.10. The van der Waals surface area contributed by atoms with Gasteiger partial charge in [0, 0.05) is 0 Å². The summed E-state index contributed by atoms with van der Waals surface area (Å²) in [5, 5.41) is 0. The molecule has 0 aromatic carbocycles. The number of hydrogen-bond donors (Lipinski definition) is 0. The molecular formula is C10H20O. The first-order valence-electron chi connectivity index (χ1n) is 4.95. The van der Waals surface area contributed by atoms with Crippen molar-refractivity contribution >= 4 is 0 Å². The van der Waals surface area contributed by atoms with Gasteiger partial charge >= 0.3 is 0 Å². The normalized spacial score (nSPS) is 31.9. The van der Waals surface area contributed by atoms with Crippen LogP contribution >= 0.6 is 0 Å². The van der Waals surface area contributed by atoms with Gasteiger partial charge in [0.25, 0.3) is 0 Å². The van der Waals surface area contributed by atoms with Gasteiger partial charge < -0.3 is 4.74 Å². The zero-order chi connectivity index (χ0) is 8.27.